The van der Waals surface area contributed by atoms with Gasteiger partial charge in [-0.1, -0.05) is 33.3 Å². The fourth-order valence-corrected chi connectivity index (χ4v) is 5.13. The number of aliphatic carboxylic acids is 1. The van der Waals surface area contributed by atoms with Gasteiger partial charge in [0.15, 0.2) is 0 Å². The van der Waals surface area contributed by atoms with E-state index in [1.54, 1.807) is 18.3 Å². The van der Waals surface area contributed by atoms with Gasteiger partial charge >= 0.3 is 5.97 Å². The number of aliphatic hydroxyl groups excluding tert-OH is 2. The number of hydrogen-bond donors (Lipinski definition) is 4. The molecule has 9 nitrogen and oxygen atoms in total. The number of carboxylic acids is 1. The predicted octanol–water partition coefficient (Wildman–Crippen LogP) is 3.14. The van der Waals surface area contributed by atoms with Crippen molar-refractivity contribution in [1.82, 2.24) is 4.98 Å². The van der Waals surface area contributed by atoms with Crippen molar-refractivity contribution in [3.05, 3.63) is 21.7 Å². The van der Waals surface area contributed by atoms with Crippen LogP contribution in [-0.4, -0.2) is 67.8 Å². The number of carboxylic acid groups (broad SMARTS) is 1. The lowest BCUT2D eigenvalue weighted by Gasteiger charge is -2.33. The molecule has 5 N–H and O–H groups in total. The van der Waals surface area contributed by atoms with Crippen molar-refractivity contribution in [3.8, 4) is 0 Å². The maximum atomic E-state index is 12.9. The summed E-state index contributed by atoms with van der Waals surface area (Å²) in [6.07, 6.45) is -0.0717. The van der Waals surface area contributed by atoms with Crippen LogP contribution >= 0.6 is 11.3 Å². The van der Waals surface area contributed by atoms with Crippen molar-refractivity contribution in [2.24, 2.45) is 23.0 Å². The van der Waals surface area contributed by atoms with Gasteiger partial charge in [0, 0.05) is 29.7 Å². The number of carbonyl (C=O) groups excluding carboxylic acids is 2. The molecular weight excluding hydrogens is 496 g/mol. The highest BCUT2D eigenvalue weighted by Crippen LogP contribution is 2.43. The fraction of sp³-hybridized carbons (Fsp3) is 0.704. The van der Waals surface area contributed by atoms with Gasteiger partial charge in [0.05, 0.1) is 46.5 Å². The van der Waals surface area contributed by atoms with E-state index in [0.29, 0.717) is 12.8 Å². The van der Waals surface area contributed by atoms with Crippen molar-refractivity contribution in [2.45, 2.75) is 104 Å². The molecule has 2 rings (SSSR count). The van der Waals surface area contributed by atoms with Gasteiger partial charge in [-0.05, 0) is 39.7 Å². The monoisotopic (exact) mass is 538 g/mol. The normalized spacial score (nSPS) is 24.2. The van der Waals surface area contributed by atoms with E-state index >= 15 is 0 Å². The zero-order chi connectivity index (χ0) is 28.3. The lowest BCUT2D eigenvalue weighted by molar-refractivity contribution is -0.147. The minimum Gasteiger partial charge on any atom is -0.481 e. The number of aromatic nitrogens is 1. The van der Waals surface area contributed by atoms with Crippen LogP contribution < -0.4 is 5.73 Å². The molecule has 0 aliphatic carbocycles. The van der Waals surface area contributed by atoms with Crippen LogP contribution in [0.15, 0.2) is 11.0 Å². The summed E-state index contributed by atoms with van der Waals surface area (Å²) in [5, 5.41) is 32.9. The zero-order valence-electron chi connectivity index (χ0n) is 22.9. The van der Waals surface area contributed by atoms with Gasteiger partial charge in [0.2, 0.25) is 0 Å². The van der Waals surface area contributed by atoms with Gasteiger partial charge in [-0.2, -0.15) is 0 Å². The number of nitrogens with zero attached hydrogens (tertiary/aromatic N) is 1. The van der Waals surface area contributed by atoms with Crippen molar-refractivity contribution in [1.29, 1.82) is 0 Å². The second-order valence-electron chi connectivity index (χ2n) is 11.2. The molecule has 37 heavy (non-hydrogen) atoms. The van der Waals surface area contributed by atoms with Crippen LogP contribution in [0, 0.1) is 24.2 Å². The van der Waals surface area contributed by atoms with Crippen LogP contribution in [0.3, 0.4) is 0 Å². The third kappa shape index (κ3) is 8.00. The number of thiazole rings is 1. The van der Waals surface area contributed by atoms with Crippen molar-refractivity contribution in [3.63, 3.8) is 0 Å². The van der Waals surface area contributed by atoms with Crippen LogP contribution in [0.25, 0.3) is 6.08 Å². The summed E-state index contributed by atoms with van der Waals surface area (Å²) >= 11 is 1.58. The highest BCUT2D eigenvalue weighted by Gasteiger charge is 2.52. The van der Waals surface area contributed by atoms with E-state index in [1.807, 2.05) is 32.2 Å². The number of hydrogen-bond acceptors (Lipinski definition) is 9. The molecule has 7 atom stereocenters. The Kier molecular flexibility index (Phi) is 10.3. The third-order valence-electron chi connectivity index (χ3n) is 7.75. The van der Waals surface area contributed by atoms with Crippen molar-refractivity contribution in [2.75, 3.05) is 0 Å². The molecule has 0 bridgehead atoms. The summed E-state index contributed by atoms with van der Waals surface area (Å²) < 4.78 is 5.89. The first-order chi connectivity index (χ1) is 17.0. The summed E-state index contributed by atoms with van der Waals surface area (Å²) in [7, 11) is 0. The average Bonchev–Trinajstić information content (AvgIpc) is 3.26. The van der Waals surface area contributed by atoms with Crippen molar-refractivity contribution < 1.29 is 34.4 Å². The average molecular weight is 539 g/mol. The van der Waals surface area contributed by atoms with E-state index < -0.39 is 53.2 Å². The molecule has 1 aliphatic rings. The number of aryl methyl sites for hydroxylation is 1. The van der Waals surface area contributed by atoms with Gasteiger partial charge in [0.25, 0.3) is 0 Å². The molecular formula is C27H42N2O7S. The standard InChI is InChI=1S/C27H42N2O7S/c1-14(10-18-13-37-17(4)29-18)19(28)11-22-27(7,36-22)9-8-20(30)15(2)24(34)16(3)25(35)26(5,6)21(31)12-23(32)33/h10,13,15-16,19,21-22,24,31,34H,8-9,11-12,28H2,1-7H3,(H,32,33)/b14-10+/t15?,16?,19-,21-,22-,24-,27+/m0/s1. The Morgan fingerprint density at radius 1 is 1.27 bits per heavy atom. The number of ether oxygens (including phenoxy) is 1. The number of ketones is 2. The number of Topliss-reactive ketones (excluding diaryl/α,β-unsaturated/α-hetero) is 2. The Hall–Kier alpha value is -1.98. The topological polar surface area (TPSA) is 163 Å². The Bertz CT molecular complexity index is 1020. The number of aliphatic hydroxyl groups is 2. The molecule has 1 aliphatic heterocycles. The van der Waals surface area contributed by atoms with E-state index in [4.69, 9.17) is 15.6 Å². The summed E-state index contributed by atoms with van der Waals surface area (Å²) in [4.78, 5) is 41.2. The molecule has 1 saturated heterocycles. The summed E-state index contributed by atoms with van der Waals surface area (Å²) in [5.41, 5.74) is 6.41. The Labute approximate surface area is 223 Å². The lowest BCUT2D eigenvalue weighted by Crippen LogP contribution is -2.46. The van der Waals surface area contributed by atoms with E-state index in [1.165, 1.54) is 20.8 Å². The third-order valence-corrected chi connectivity index (χ3v) is 8.54. The lowest BCUT2D eigenvalue weighted by atomic mass is 9.73. The molecule has 0 spiro atoms. The molecule has 208 valence electrons. The molecule has 0 radical (unpaired) electrons. The van der Waals surface area contributed by atoms with Crippen LogP contribution in [-0.2, 0) is 19.1 Å². The Balaban J connectivity index is 1.88. The first kappa shape index (κ1) is 31.2. The van der Waals surface area contributed by atoms with E-state index in [-0.39, 0.29) is 24.3 Å². The highest BCUT2D eigenvalue weighted by molar-refractivity contribution is 7.09. The van der Waals surface area contributed by atoms with Gasteiger partial charge in [0.1, 0.15) is 11.6 Å². The van der Waals surface area contributed by atoms with E-state index in [2.05, 4.69) is 4.98 Å². The SMILES string of the molecule is C/C(=C\c1csc(C)n1)[C@@H](N)C[C@@H]1O[C@]1(C)CCC(=O)C(C)[C@H](O)C(C)C(=O)C(C)(C)[C@@H](O)CC(=O)O. The first-order valence-corrected chi connectivity index (χ1v) is 13.6. The van der Waals surface area contributed by atoms with Gasteiger partial charge < -0.3 is 25.8 Å². The van der Waals surface area contributed by atoms with Gasteiger partial charge in [-0.3, -0.25) is 14.4 Å². The van der Waals surface area contributed by atoms with Crippen LogP contribution in [0.2, 0.25) is 0 Å². The second-order valence-corrected chi connectivity index (χ2v) is 12.2. The van der Waals surface area contributed by atoms with Gasteiger partial charge in [-0.15, -0.1) is 11.3 Å². The fourth-order valence-electron chi connectivity index (χ4n) is 4.56. The predicted molar refractivity (Wildman–Crippen MR) is 142 cm³/mol. The van der Waals surface area contributed by atoms with Crippen LogP contribution in [0.4, 0.5) is 0 Å². The van der Waals surface area contributed by atoms with Crippen LogP contribution in [0.5, 0.6) is 0 Å². The summed E-state index contributed by atoms with van der Waals surface area (Å²) in [5.74, 6) is -3.66. The van der Waals surface area contributed by atoms with Gasteiger partial charge in [-0.25, -0.2) is 4.98 Å². The zero-order valence-corrected chi connectivity index (χ0v) is 23.7. The molecule has 0 amide bonds. The quantitative estimate of drug-likeness (QED) is 0.246. The largest absolute Gasteiger partial charge is 0.481 e. The Morgan fingerprint density at radius 3 is 2.43 bits per heavy atom. The highest BCUT2D eigenvalue weighted by atomic mass is 32.1. The minimum atomic E-state index is -1.41. The molecule has 1 aromatic rings. The number of epoxide rings is 1. The molecule has 0 saturated carbocycles. The minimum absolute atomic E-state index is 0.0759. The molecule has 1 aromatic heterocycles. The first-order valence-electron chi connectivity index (χ1n) is 12.7. The van der Waals surface area contributed by atoms with E-state index in [0.717, 1.165) is 16.3 Å². The van der Waals surface area contributed by atoms with Crippen LogP contribution in [0.1, 0.15) is 77.9 Å². The summed E-state index contributed by atoms with van der Waals surface area (Å²) in [6.45, 7) is 11.8. The van der Waals surface area contributed by atoms with Crippen molar-refractivity contribution >= 4 is 34.9 Å². The second kappa shape index (κ2) is 12.3. The molecule has 10 heteroatoms. The molecule has 2 heterocycles. The molecule has 1 fully saturated rings. The molecule has 2 unspecified atom stereocenters. The number of rotatable bonds is 15. The van der Waals surface area contributed by atoms with E-state index in [9.17, 15) is 24.6 Å². The Morgan fingerprint density at radius 2 is 1.89 bits per heavy atom. The maximum Gasteiger partial charge on any atom is 0.306 e. The number of nitrogens with two attached hydrogens (primary N) is 1. The summed E-state index contributed by atoms with van der Waals surface area (Å²) in [6, 6.07) is -0.197. The number of carbonyl (C=O) groups is 3. The molecule has 0 aromatic carbocycles. The smallest absolute Gasteiger partial charge is 0.306 e. The maximum absolute atomic E-state index is 12.9.